The molecule has 2 rings (SSSR count). The highest BCUT2D eigenvalue weighted by Crippen LogP contribution is 2.16. The number of rotatable bonds is 9. The number of nitrogens with zero attached hydrogens (tertiary/aromatic N) is 1. The molecule has 128 valence electrons. The van der Waals surface area contributed by atoms with E-state index in [9.17, 15) is 9.90 Å². The van der Waals surface area contributed by atoms with Crippen LogP contribution >= 0.6 is 11.8 Å². The fraction of sp³-hybridized carbons (Fsp3) is 0.316. The van der Waals surface area contributed by atoms with E-state index in [1.165, 1.54) is 4.90 Å². The van der Waals surface area contributed by atoms with Crippen LogP contribution in [0.3, 0.4) is 0 Å². The Morgan fingerprint density at radius 1 is 1.12 bits per heavy atom. The number of carbonyl (C=O) groups excluding carboxylic acids is 1. The van der Waals surface area contributed by atoms with E-state index in [0.717, 1.165) is 11.3 Å². The molecule has 0 aliphatic heterocycles. The van der Waals surface area contributed by atoms with Gasteiger partial charge in [0.05, 0.1) is 19.6 Å². The number of para-hydroxylation sites is 1. The topological polar surface area (TPSA) is 49.8 Å². The smallest absolute Gasteiger partial charge is 0.226 e. The summed E-state index contributed by atoms with van der Waals surface area (Å²) in [4.78, 5) is 15.2. The van der Waals surface area contributed by atoms with Crippen molar-refractivity contribution in [1.29, 1.82) is 0 Å². The van der Waals surface area contributed by atoms with E-state index in [0.29, 0.717) is 19.7 Å². The average Bonchev–Trinajstić information content (AvgIpc) is 2.63. The summed E-state index contributed by atoms with van der Waals surface area (Å²) in [6.45, 7) is 1.11. The number of benzene rings is 2. The Bertz CT molecular complexity index is 616. The van der Waals surface area contributed by atoms with Gasteiger partial charge >= 0.3 is 0 Å². The van der Waals surface area contributed by atoms with E-state index in [1.807, 2.05) is 60.9 Å². The first-order valence-electron chi connectivity index (χ1n) is 7.92. The molecule has 0 saturated heterocycles. The first-order valence-corrected chi connectivity index (χ1v) is 9.15. The third-order valence-electron chi connectivity index (χ3n) is 3.58. The van der Waals surface area contributed by atoms with Crippen LogP contribution in [0.2, 0.25) is 0 Å². The van der Waals surface area contributed by atoms with Gasteiger partial charge < -0.3 is 14.7 Å². The maximum atomic E-state index is 12.4. The Morgan fingerprint density at radius 3 is 2.46 bits per heavy atom. The van der Waals surface area contributed by atoms with E-state index >= 15 is 0 Å². The molecule has 0 heterocycles. The molecule has 0 unspecified atom stereocenters. The molecule has 2 aromatic carbocycles. The summed E-state index contributed by atoms with van der Waals surface area (Å²) in [7, 11) is 0. The van der Waals surface area contributed by atoms with Crippen molar-refractivity contribution >= 4 is 17.7 Å². The highest BCUT2D eigenvalue weighted by atomic mass is 32.2. The van der Waals surface area contributed by atoms with Gasteiger partial charge in [-0.05, 0) is 36.1 Å². The van der Waals surface area contributed by atoms with Crippen LogP contribution in [-0.2, 0) is 11.3 Å². The SMILES string of the molecule is CSc1ccc(CN(CCO)C(=O)CCOc2ccccc2)cc1. The van der Waals surface area contributed by atoms with Crippen molar-refractivity contribution in [2.24, 2.45) is 0 Å². The number of hydrogen-bond donors (Lipinski definition) is 1. The Kier molecular flexibility index (Phi) is 7.65. The zero-order valence-corrected chi connectivity index (χ0v) is 14.7. The molecule has 1 N–H and O–H groups in total. The van der Waals surface area contributed by atoms with E-state index in [2.05, 4.69) is 0 Å². The van der Waals surface area contributed by atoms with Crippen molar-refractivity contribution < 1.29 is 14.6 Å². The maximum absolute atomic E-state index is 12.4. The van der Waals surface area contributed by atoms with Gasteiger partial charge in [-0.2, -0.15) is 0 Å². The fourth-order valence-corrected chi connectivity index (χ4v) is 2.70. The molecule has 0 spiro atoms. The summed E-state index contributed by atoms with van der Waals surface area (Å²) in [5.41, 5.74) is 1.05. The summed E-state index contributed by atoms with van der Waals surface area (Å²) < 4.78 is 5.57. The summed E-state index contributed by atoms with van der Waals surface area (Å²) in [5.74, 6) is 0.737. The lowest BCUT2D eigenvalue weighted by atomic mass is 10.2. The van der Waals surface area contributed by atoms with Gasteiger partial charge in [0.15, 0.2) is 0 Å². The largest absolute Gasteiger partial charge is 0.493 e. The molecular formula is C19H23NO3S. The second-order valence-corrected chi connectivity index (χ2v) is 6.18. The first-order chi connectivity index (χ1) is 11.7. The van der Waals surface area contributed by atoms with Gasteiger partial charge in [-0.1, -0.05) is 30.3 Å². The molecule has 0 fully saturated rings. The van der Waals surface area contributed by atoms with Crippen LogP contribution in [0.4, 0.5) is 0 Å². The Labute approximate surface area is 147 Å². The minimum absolute atomic E-state index is 0.0195. The molecular weight excluding hydrogens is 322 g/mol. The second-order valence-electron chi connectivity index (χ2n) is 5.30. The molecule has 0 bridgehead atoms. The van der Waals surface area contributed by atoms with E-state index < -0.39 is 0 Å². The highest BCUT2D eigenvalue weighted by Gasteiger charge is 2.13. The molecule has 0 atom stereocenters. The van der Waals surface area contributed by atoms with Crippen LogP contribution in [-0.4, -0.2) is 41.9 Å². The summed E-state index contributed by atoms with van der Waals surface area (Å²) in [5, 5.41) is 9.22. The minimum atomic E-state index is -0.0474. The van der Waals surface area contributed by atoms with Gasteiger partial charge in [-0.3, -0.25) is 4.79 Å². The van der Waals surface area contributed by atoms with Gasteiger partial charge in [0.2, 0.25) is 5.91 Å². The minimum Gasteiger partial charge on any atom is -0.493 e. The van der Waals surface area contributed by atoms with Crippen molar-refractivity contribution in [2.75, 3.05) is 26.0 Å². The number of ether oxygens (including phenoxy) is 1. The predicted molar refractivity (Wildman–Crippen MR) is 97.3 cm³/mol. The van der Waals surface area contributed by atoms with Crippen LogP contribution in [0.25, 0.3) is 0 Å². The lowest BCUT2D eigenvalue weighted by Crippen LogP contribution is -2.33. The Morgan fingerprint density at radius 2 is 1.83 bits per heavy atom. The van der Waals surface area contributed by atoms with Crippen molar-refractivity contribution in [1.82, 2.24) is 4.90 Å². The number of carbonyl (C=O) groups is 1. The third-order valence-corrected chi connectivity index (χ3v) is 4.33. The lowest BCUT2D eigenvalue weighted by Gasteiger charge is -2.22. The normalized spacial score (nSPS) is 10.4. The van der Waals surface area contributed by atoms with Gasteiger partial charge in [0, 0.05) is 18.0 Å². The highest BCUT2D eigenvalue weighted by molar-refractivity contribution is 7.98. The molecule has 0 saturated carbocycles. The van der Waals surface area contributed by atoms with E-state index in [-0.39, 0.29) is 18.9 Å². The Hall–Kier alpha value is -1.98. The van der Waals surface area contributed by atoms with Gasteiger partial charge in [-0.15, -0.1) is 11.8 Å². The monoisotopic (exact) mass is 345 g/mol. The van der Waals surface area contributed by atoms with Crippen molar-refractivity contribution in [2.45, 2.75) is 17.9 Å². The second kappa shape index (κ2) is 10.0. The van der Waals surface area contributed by atoms with Gasteiger partial charge in [0.1, 0.15) is 5.75 Å². The number of aliphatic hydroxyl groups excluding tert-OH is 1. The first kappa shape index (κ1) is 18.4. The van der Waals surface area contributed by atoms with Crippen molar-refractivity contribution in [3.8, 4) is 5.75 Å². The third kappa shape index (κ3) is 5.91. The number of aliphatic hydroxyl groups is 1. The van der Waals surface area contributed by atoms with Gasteiger partial charge in [-0.25, -0.2) is 0 Å². The van der Waals surface area contributed by atoms with Crippen LogP contribution in [0, 0.1) is 0 Å². The zero-order valence-electron chi connectivity index (χ0n) is 13.9. The molecule has 1 amide bonds. The molecule has 5 heteroatoms. The lowest BCUT2D eigenvalue weighted by molar-refractivity contribution is -0.132. The van der Waals surface area contributed by atoms with Crippen molar-refractivity contribution in [3.63, 3.8) is 0 Å². The Balaban J connectivity index is 1.86. The van der Waals surface area contributed by atoms with Crippen LogP contribution in [0.1, 0.15) is 12.0 Å². The van der Waals surface area contributed by atoms with Crippen molar-refractivity contribution in [3.05, 3.63) is 60.2 Å². The van der Waals surface area contributed by atoms with Gasteiger partial charge in [0.25, 0.3) is 0 Å². The maximum Gasteiger partial charge on any atom is 0.226 e. The standard InChI is InChI=1S/C19H23NO3S/c1-24-18-9-7-16(8-10-18)15-20(12-13-21)19(22)11-14-23-17-5-3-2-4-6-17/h2-10,21H,11-15H2,1H3. The summed E-state index contributed by atoms with van der Waals surface area (Å²) in [6.07, 6.45) is 2.32. The molecule has 0 aromatic heterocycles. The molecule has 4 nitrogen and oxygen atoms in total. The quantitative estimate of drug-likeness (QED) is 0.709. The molecule has 24 heavy (non-hydrogen) atoms. The number of amides is 1. The predicted octanol–water partition coefficient (Wildman–Crippen LogP) is 3.20. The van der Waals surface area contributed by atoms with E-state index in [4.69, 9.17) is 4.74 Å². The van der Waals surface area contributed by atoms with Crippen LogP contribution in [0.5, 0.6) is 5.75 Å². The average molecular weight is 345 g/mol. The summed E-state index contributed by atoms with van der Waals surface area (Å²) in [6, 6.07) is 17.6. The molecule has 0 radical (unpaired) electrons. The molecule has 0 aliphatic carbocycles. The van der Waals surface area contributed by atoms with E-state index in [1.54, 1.807) is 16.7 Å². The fourth-order valence-electron chi connectivity index (χ4n) is 2.30. The van der Waals surface area contributed by atoms with Crippen LogP contribution in [0.15, 0.2) is 59.5 Å². The zero-order chi connectivity index (χ0) is 17.2. The number of thioether (sulfide) groups is 1. The number of hydrogen-bond acceptors (Lipinski definition) is 4. The molecule has 2 aromatic rings. The van der Waals surface area contributed by atoms with Crippen LogP contribution < -0.4 is 4.74 Å². The summed E-state index contributed by atoms with van der Waals surface area (Å²) >= 11 is 1.68. The molecule has 0 aliphatic rings.